The number of guanidine groups is 1. The summed E-state index contributed by atoms with van der Waals surface area (Å²) in [5, 5.41) is 3.28. The van der Waals surface area contributed by atoms with Crippen molar-refractivity contribution in [1.29, 1.82) is 0 Å². The molecule has 0 bridgehead atoms. The summed E-state index contributed by atoms with van der Waals surface area (Å²) < 4.78 is 0. The van der Waals surface area contributed by atoms with Crippen molar-refractivity contribution in [1.82, 2.24) is 20.1 Å². The van der Waals surface area contributed by atoms with E-state index in [1.54, 1.807) is 0 Å². The highest BCUT2D eigenvalue weighted by atomic mass is 127. The molecule has 3 heterocycles. The summed E-state index contributed by atoms with van der Waals surface area (Å²) in [5.74, 6) is 1.58. The van der Waals surface area contributed by atoms with Crippen LogP contribution in [0.15, 0.2) is 23.3 Å². The second kappa shape index (κ2) is 11.0. The molecule has 1 aromatic heterocycles. The van der Waals surface area contributed by atoms with Crippen LogP contribution in [0.3, 0.4) is 0 Å². The number of anilines is 1. The van der Waals surface area contributed by atoms with Crippen molar-refractivity contribution in [3.63, 3.8) is 0 Å². The fourth-order valence-electron chi connectivity index (χ4n) is 3.73. The molecule has 1 aromatic rings. The Morgan fingerprint density at radius 2 is 2.04 bits per heavy atom. The Kier molecular flexibility index (Phi) is 9.04. The molecule has 0 spiro atoms. The fourth-order valence-corrected chi connectivity index (χ4v) is 3.73. The quantitative estimate of drug-likeness (QED) is 0.359. The van der Waals surface area contributed by atoms with E-state index in [2.05, 4.69) is 56.1 Å². The van der Waals surface area contributed by atoms with E-state index in [1.165, 1.54) is 19.4 Å². The van der Waals surface area contributed by atoms with Gasteiger partial charge in [0.25, 0.3) is 0 Å². The van der Waals surface area contributed by atoms with Crippen LogP contribution in [0, 0.1) is 0 Å². The van der Waals surface area contributed by atoms with Gasteiger partial charge in [0, 0.05) is 45.0 Å². The van der Waals surface area contributed by atoms with Gasteiger partial charge in [0.15, 0.2) is 5.96 Å². The van der Waals surface area contributed by atoms with Crippen LogP contribution < -0.4 is 16.0 Å². The van der Waals surface area contributed by atoms with Crippen LogP contribution in [0.5, 0.6) is 0 Å². The maximum absolute atomic E-state index is 6.03. The van der Waals surface area contributed by atoms with Crippen molar-refractivity contribution in [2.24, 2.45) is 10.7 Å². The molecule has 3 N–H and O–H groups in total. The average molecular weight is 487 g/mol. The zero-order valence-corrected chi connectivity index (χ0v) is 18.9. The maximum atomic E-state index is 6.03. The van der Waals surface area contributed by atoms with Gasteiger partial charge in [-0.1, -0.05) is 13.0 Å². The van der Waals surface area contributed by atoms with Gasteiger partial charge in [-0.15, -0.1) is 24.0 Å². The van der Waals surface area contributed by atoms with Crippen molar-refractivity contribution in [3.05, 3.63) is 23.9 Å². The number of piperazine rings is 1. The standard InChI is InChI=1S/C19H33N7.HI/c1-3-25-8-4-5-17(25)15-23-19(20)22-14-16-6-7-18(21-13-16)26-11-9-24(2)10-12-26;/h6-7,13,17H,3-5,8-12,14-15H2,1-2H3,(H3,20,22,23);1H. The van der Waals surface area contributed by atoms with E-state index >= 15 is 0 Å². The molecule has 2 aliphatic heterocycles. The maximum Gasteiger partial charge on any atom is 0.188 e. The minimum atomic E-state index is 0. The molecule has 152 valence electrons. The predicted octanol–water partition coefficient (Wildman–Crippen LogP) is 1.34. The highest BCUT2D eigenvalue weighted by molar-refractivity contribution is 14.0. The molecule has 0 saturated carbocycles. The molecule has 0 aromatic carbocycles. The smallest absolute Gasteiger partial charge is 0.188 e. The summed E-state index contributed by atoms with van der Waals surface area (Å²) in [5.41, 5.74) is 7.12. The van der Waals surface area contributed by atoms with Crippen LogP contribution in [0.25, 0.3) is 0 Å². The van der Waals surface area contributed by atoms with Gasteiger partial charge in [-0.25, -0.2) is 9.98 Å². The SMILES string of the molecule is CCN1CCCC1CNC(N)=NCc1ccc(N2CCN(C)CC2)nc1.I. The van der Waals surface area contributed by atoms with Crippen molar-refractivity contribution in [2.75, 3.05) is 57.8 Å². The minimum absolute atomic E-state index is 0. The Balaban J connectivity index is 0.00000261. The molecule has 2 aliphatic rings. The zero-order chi connectivity index (χ0) is 18.4. The van der Waals surface area contributed by atoms with Crippen molar-refractivity contribution in [3.8, 4) is 0 Å². The molecule has 1 atom stereocenters. The molecule has 7 nitrogen and oxygen atoms in total. The van der Waals surface area contributed by atoms with Crippen LogP contribution in [-0.2, 0) is 6.54 Å². The number of nitrogens with zero attached hydrogens (tertiary/aromatic N) is 5. The Morgan fingerprint density at radius 1 is 1.26 bits per heavy atom. The van der Waals surface area contributed by atoms with Crippen LogP contribution in [0.1, 0.15) is 25.3 Å². The average Bonchev–Trinajstić information content (AvgIpc) is 3.13. The van der Waals surface area contributed by atoms with Crippen LogP contribution in [-0.4, -0.2) is 79.6 Å². The van der Waals surface area contributed by atoms with Crippen molar-refractivity contribution in [2.45, 2.75) is 32.4 Å². The largest absolute Gasteiger partial charge is 0.370 e. The number of likely N-dealkylation sites (N-methyl/N-ethyl adjacent to an activating group) is 2. The van der Waals surface area contributed by atoms with Crippen LogP contribution in [0.2, 0.25) is 0 Å². The summed E-state index contributed by atoms with van der Waals surface area (Å²) in [6.07, 6.45) is 4.44. The number of hydrogen-bond acceptors (Lipinski definition) is 5. The first-order valence-corrected chi connectivity index (χ1v) is 9.82. The number of nitrogens with two attached hydrogens (primary N) is 1. The summed E-state index contributed by atoms with van der Waals surface area (Å²) in [6.45, 7) is 10.2. The molecule has 27 heavy (non-hydrogen) atoms. The minimum Gasteiger partial charge on any atom is -0.370 e. The van der Waals surface area contributed by atoms with Gasteiger partial charge in [-0.2, -0.15) is 0 Å². The third-order valence-electron chi connectivity index (χ3n) is 5.49. The second-order valence-electron chi connectivity index (χ2n) is 7.32. The molecule has 0 aliphatic carbocycles. The lowest BCUT2D eigenvalue weighted by Crippen LogP contribution is -2.44. The van der Waals surface area contributed by atoms with Crippen molar-refractivity contribution >= 4 is 35.8 Å². The number of halogens is 1. The molecule has 2 saturated heterocycles. The first-order valence-electron chi connectivity index (χ1n) is 9.82. The first-order chi connectivity index (χ1) is 12.7. The van der Waals surface area contributed by atoms with Crippen LogP contribution in [0.4, 0.5) is 5.82 Å². The summed E-state index contributed by atoms with van der Waals surface area (Å²) in [4.78, 5) is 16.3. The van der Waals surface area contributed by atoms with Gasteiger partial charge < -0.3 is 20.9 Å². The second-order valence-corrected chi connectivity index (χ2v) is 7.32. The van der Waals surface area contributed by atoms with Gasteiger partial charge in [-0.3, -0.25) is 4.90 Å². The van der Waals surface area contributed by atoms with Gasteiger partial charge in [-0.05, 0) is 44.6 Å². The molecule has 8 heteroatoms. The van der Waals surface area contributed by atoms with E-state index in [1.807, 2.05) is 6.20 Å². The number of aromatic nitrogens is 1. The van der Waals surface area contributed by atoms with E-state index in [-0.39, 0.29) is 24.0 Å². The summed E-state index contributed by atoms with van der Waals surface area (Å²) in [7, 11) is 2.16. The van der Waals surface area contributed by atoms with E-state index in [0.717, 1.165) is 50.6 Å². The van der Waals surface area contributed by atoms with E-state index < -0.39 is 0 Å². The van der Waals surface area contributed by atoms with E-state index in [9.17, 15) is 0 Å². The lowest BCUT2D eigenvalue weighted by Gasteiger charge is -2.33. The number of aliphatic imine (C=N–C) groups is 1. The normalized spacial score (nSPS) is 21.9. The molecule has 0 amide bonds. The van der Waals surface area contributed by atoms with E-state index in [0.29, 0.717) is 18.5 Å². The Labute approximate surface area is 180 Å². The zero-order valence-electron chi connectivity index (χ0n) is 16.6. The monoisotopic (exact) mass is 487 g/mol. The van der Waals surface area contributed by atoms with Crippen LogP contribution >= 0.6 is 24.0 Å². The number of nitrogens with one attached hydrogen (secondary N) is 1. The topological polar surface area (TPSA) is 73.0 Å². The summed E-state index contributed by atoms with van der Waals surface area (Å²) in [6, 6.07) is 4.78. The predicted molar refractivity (Wildman–Crippen MR) is 123 cm³/mol. The van der Waals surface area contributed by atoms with Gasteiger partial charge in [0.05, 0.1) is 6.54 Å². The number of rotatable bonds is 6. The highest BCUT2D eigenvalue weighted by Gasteiger charge is 2.22. The Hall–Kier alpha value is -1.13. The number of pyridine rings is 1. The lowest BCUT2D eigenvalue weighted by atomic mass is 10.2. The molecule has 1 unspecified atom stereocenters. The number of hydrogen-bond donors (Lipinski definition) is 2. The molecular weight excluding hydrogens is 453 g/mol. The Morgan fingerprint density at radius 3 is 2.70 bits per heavy atom. The molecule has 2 fully saturated rings. The Bertz CT molecular complexity index is 584. The molecular formula is C19H34IN7. The highest BCUT2D eigenvalue weighted by Crippen LogP contribution is 2.16. The van der Waals surface area contributed by atoms with Crippen molar-refractivity contribution < 1.29 is 0 Å². The molecule has 0 radical (unpaired) electrons. The summed E-state index contributed by atoms with van der Waals surface area (Å²) >= 11 is 0. The van der Waals surface area contributed by atoms with Gasteiger partial charge in [0.1, 0.15) is 5.82 Å². The lowest BCUT2D eigenvalue weighted by molar-refractivity contribution is 0.267. The fraction of sp³-hybridized carbons (Fsp3) is 0.684. The van der Waals surface area contributed by atoms with E-state index in [4.69, 9.17) is 5.73 Å². The molecule has 3 rings (SSSR count). The third kappa shape index (κ3) is 6.46. The van der Waals surface area contributed by atoms with Gasteiger partial charge in [0.2, 0.25) is 0 Å². The van der Waals surface area contributed by atoms with Gasteiger partial charge >= 0.3 is 0 Å². The number of likely N-dealkylation sites (tertiary alicyclic amines) is 1. The first kappa shape index (κ1) is 22.2. The third-order valence-corrected chi connectivity index (χ3v) is 5.49.